The van der Waals surface area contributed by atoms with Crippen molar-refractivity contribution >= 4 is 50.1 Å². The highest BCUT2D eigenvalue weighted by molar-refractivity contribution is 7.92. The fourth-order valence-corrected chi connectivity index (χ4v) is 4.36. The Morgan fingerprint density at radius 1 is 0.933 bits per heavy atom. The largest absolute Gasteiger partial charge is 0.320 e. The van der Waals surface area contributed by atoms with Gasteiger partial charge in [0, 0.05) is 17.3 Å². The molecule has 1 amide bonds. The van der Waals surface area contributed by atoms with Crippen molar-refractivity contribution < 1.29 is 22.0 Å². The summed E-state index contributed by atoms with van der Waals surface area (Å²) in [5.41, 5.74) is 1.87. The second-order valence-electron chi connectivity index (χ2n) is 6.18. The molecule has 0 radical (unpaired) electrons. The van der Waals surface area contributed by atoms with Gasteiger partial charge in [-0.3, -0.25) is 9.52 Å². The van der Waals surface area contributed by atoms with Crippen LogP contribution >= 0.6 is 11.7 Å². The lowest BCUT2D eigenvalue weighted by atomic mass is 10.2. The number of carbonyl (C=O) groups excluding carboxylic acids is 1. The van der Waals surface area contributed by atoms with Gasteiger partial charge in [0.25, 0.3) is 15.9 Å². The number of nitrogens with one attached hydrogen (secondary N) is 2. The Balaban J connectivity index is 1.58. The molecular formula is C19H12F2N4O3S2. The number of hydrogen-bond donors (Lipinski definition) is 2. The van der Waals surface area contributed by atoms with Gasteiger partial charge < -0.3 is 5.32 Å². The Kier molecular flexibility index (Phi) is 5.14. The number of nitrogens with zero attached hydrogens (tertiary/aromatic N) is 2. The van der Waals surface area contributed by atoms with Gasteiger partial charge in [0.1, 0.15) is 22.7 Å². The molecule has 0 aliphatic heterocycles. The smallest absolute Gasteiger partial charge is 0.262 e. The van der Waals surface area contributed by atoms with E-state index >= 15 is 0 Å². The van der Waals surface area contributed by atoms with E-state index in [1.807, 2.05) is 0 Å². The van der Waals surface area contributed by atoms with E-state index in [1.165, 1.54) is 24.3 Å². The summed E-state index contributed by atoms with van der Waals surface area (Å²) in [7, 11) is -4.26. The summed E-state index contributed by atoms with van der Waals surface area (Å²) >= 11 is 1.02. The van der Waals surface area contributed by atoms with E-state index in [4.69, 9.17) is 0 Å². The molecule has 4 rings (SSSR count). The summed E-state index contributed by atoms with van der Waals surface area (Å²) in [5.74, 6) is -2.53. The van der Waals surface area contributed by atoms with Crippen LogP contribution in [0, 0.1) is 11.6 Å². The normalized spacial score (nSPS) is 11.4. The van der Waals surface area contributed by atoms with Crippen molar-refractivity contribution in [3.8, 4) is 0 Å². The summed E-state index contributed by atoms with van der Waals surface area (Å²) in [4.78, 5) is 12.1. The third-order valence-electron chi connectivity index (χ3n) is 4.06. The van der Waals surface area contributed by atoms with Gasteiger partial charge in [-0.1, -0.05) is 12.1 Å². The van der Waals surface area contributed by atoms with E-state index in [0.29, 0.717) is 34.9 Å². The SMILES string of the molecule is O=C(Nc1cccc2nsnc12)c1cccc(NS(=O)(=O)c2cc(F)cc(F)c2)c1. The molecule has 0 bridgehead atoms. The van der Waals surface area contributed by atoms with Crippen molar-refractivity contribution in [3.63, 3.8) is 0 Å². The molecule has 1 aromatic heterocycles. The molecule has 0 unspecified atom stereocenters. The number of fused-ring (bicyclic) bond motifs is 1. The van der Waals surface area contributed by atoms with E-state index in [0.717, 1.165) is 11.7 Å². The summed E-state index contributed by atoms with van der Waals surface area (Å²) in [6, 6.07) is 12.8. The van der Waals surface area contributed by atoms with Crippen LogP contribution in [-0.4, -0.2) is 23.1 Å². The van der Waals surface area contributed by atoms with Crippen LogP contribution < -0.4 is 10.0 Å². The number of halogens is 2. The standard InChI is InChI=1S/C19H12F2N4O3S2/c20-12-8-13(21)10-15(9-12)30(27,28)25-14-4-1-3-11(7-14)19(26)22-16-5-2-6-17-18(16)24-29-23-17/h1-10,25H,(H,22,26). The zero-order valence-corrected chi connectivity index (χ0v) is 16.6. The van der Waals surface area contributed by atoms with E-state index in [1.54, 1.807) is 18.2 Å². The van der Waals surface area contributed by atoms with Gasteiger partial charge in [-0.05, 0) is 42.5 Å². The van der Waals surface area contributed by atoms with Gasteiger partial charge in [0.15, 0.2) is 0 Å². The minimum atomic E-state index is -4.26. The van der Waals surface area contributed by atoms with Gasteiger partial charge in [0.2, 0.25) is 0 Å². The molecule has 1 heterocycles. The summed E-state index contributed by atoms with van der Waals surface area (Å²) in [6.45, 7) is 0. The van der Waals surface area contributed by atoms with E-state index in [-0.39, 0.29) is 11.3 Å². The number of anilines is 2. The maximum atomic E-state index is 13.4. The fourth-order valence-electron chi connectivity index (χ4n) is 2.72. The van der Waals surface area contributed by atoms with Crippen molar-refractivity contribution in [1.29, 1.82) is 0 Å². The Hall–Kier alpha value is -3.44. The van der Waals surface area contributed by atoms with Gasteiger partial charge >= 0.3 is 0 Å². The zero-order valence-electron chi connectivity index (χ0n) is 15.0. The van der Waals surface area contributed by atoms with Crippen LogP contribution in [0.5, 0.6) is 0 Å². The monoisotopic (exact) mass is 446 g/mol. The topological polar surface area (TPSA) is 101 Å². The van der Waals surface area contributed by atoms with Crippen molar-refractivity contribution in [2.45, 2.75) is 4.90 Å². The first-order valence-electron chi connectivity index (χ1n) is 8.43. The average molecular weight is 446 g/mol. The highest BCUT2D eigenvalue weighted by atomic mass is 32.2. The van der Waals surface area contributed by atoms with Crippen molar-refractivity contribution in [1.82, 2.24) is 8.75 Å². The van der Waals surface area contributed by atoms with Crippen LogP contribution in [0.2, 0.25) is 0 Å². The Morgan fingerprint density at radius 2 is 1.67 bits per heavy atom. The number of aromatic nitrogens is 2. The zero-order chi connectivity index (χ0) is 21.3. The van der Waals surface area contributed by atoms with Gasteiger partial charge in [-0.15, -0.1) is 0 Å². The molecule has 0 aliphatic carbocycles. The van der Waals surface area contributed by atoms with E-state index in [2.05, 4.69) is 18.8 Å². The van der Waals surface area contributed by atoms with Crippen molar-refractivity contribution in [2.24, 2.45) is 0 Å². The molecule has 0 atom stereocenters. The van der Waals surface area contributed by atoms with Crippen LogP contribution in [0.3, 0.4) is 0 Å². The van der Waals surface area contributed by atoms with Gasteiger partial charge in [0.05, 0.1) is 22.3 Å². The van der Waals surface area contributed by atoms with Crippen molar-refractivity contribution in [2.75, 3.05) is 10.0 Å². The fraction of sp³-hybridized carbons (Fsp3) is 0. The highest BCUT2D eigenvalue weighted by Gasteiger charge is 2.18. The molecule has 2 N–H and O–H groups in total. The maximum Gasteiger partial charge on any atom is 0.262 e. The molecule has 4 aromatic rings. The predicted octanol–water partition coefficient (Wildman–Crippen LogP) is 4.02. The lowest BCUT2D eigenvalue weighted by molar-refractivity contribution is 0.102. The maximum absolute atomic E-state index is 13.4. The third-order valence-corrected chi connectivity index (χ3v) is 5.96. The lowest BCUT2D eigenvalue weighted by Crippen LogP contribution is -2.15. The van der Waals surface area contributed by atoms with Gasteiger partial charge in [-0.25, -0.2) is 17.2 Å². The quantitative estimate of drug-likeness (QED) is 0.482. The molecule has 0 spiro atoms. The molecule has 0 saturated heterocycles. The lowest BCUT2D eigenvalue weighted by Gasteiger charge is -2.10. The summed E-state index contributed by atoms with van der Waals surface area (Å²) in [5, 5.41) is 2.71. The molecule has 152 valence electrons. The summed E-state index contributed by atoms with van der Waals surface area (Å²) in [6.07, 6.45) is 0. The second-order valence-corrected chi connectivity index (χ2v) is 8.39. The molecule has 11 heteroatoms. The minimum Gasteiger partial charge on any atom is -0.320 e. The highest BCUT2D eigenvalue weighted by Crippen LogP contribution is 2.23. The molecule has 30 heavy (non-hydrogen) atoms. The first-order valence-corrected chi connectivity index (χ1v) is 10.6. The Morgan fingerprint density at radius 3 is 2.43 bits per heavy atom. The number of amides is 1. The third kappa shape index (κ3) is 4.11. The second kappa shape index (κ2) is 7.76. The van der Waals surface area contributed by atoms with Crippen LogP contribution in [-0.2, 0) is 10.0 Å². The van der Waals surface area contributed by atoms with Crippen LogP contribution in [0.4, 0.5) is 20.2 Å². The summed E-state index contributed by atoms with van der Waals surface area (Å²) < 4.78 is 62.1. The molecule has 0 aliphatic rings. The molecule has 7 nitrogen and oxygen atoms in total. The van der Waals surface area contributed by atoms with Crippen molar-refractivity contribution in [3.05, 3.63) is 77.9 Å². The first-order chi connectivity index (χ1) is 14.3. The number of hydrogen-bond acceptors (Lipinski definition) is 6. The van der Waals surface area contributed by atoms with Crippen LogP contribution in [0.1, 0.15) is 10.4 Å². The molecule has 3 aromatic carbocycles. The number of sulfonamides is 1. The predicted molar refractivity (Wildman–Crippen MR) is 109 cm³/mol. The van der Waals surface area contributed by atoms with Crippen LogP contribution in [0.25, 0.3) is 11.0 Å². The van der Waals surface area contributed by atoms with Crippen LogP contribution in [0.15, 0.2) is 65.6 Å². The van der Waals surface area contributed by atoms with E-state index < -0.39 is 32.5 Å². The average Bonchev–Trinajstić information content (AvgIpc) is 3.17. The molecular weight excluding hydrogens is 434 g/mol. The number of carbonyl (C=O) groups is 1. The molecule has 0 saturated carbocycles. The first kappa shape index (κ1) is 19.9. The Labute approximate surface area is 173 Å². The van der Waals surface area contributed by atoms with E-state index in [9.17, 15) is 22.0 Å². The van der Waals surface area contributed by atoms with Gasteiger partial charge in [-0.2, -0.15) is 8.75 Å². The number of rotatable bonds is 5. The Bertz CT molecular complexity index is 1350. The minimum absolute atomic E-state index is 0.0563. The number of benzene rings is 3. The molecule has 0 fully saturated rings.